The van der Waals surface area contributed by atoms with Crippen LogP contribution in [0.25, 0.3) is 0 Å². The second kappa shape index (κ2) is 8.01. The quantitative estimate of drug-likeness (QED) is 0.711. The van der Waals surface area contributed by atoms with Gasteiger partial charge in [-0.3, -0.25) is 14.9 Å². The summed E-state index contributed by atoms with van der Waals surface area (Å²) in [4.78, 5) is 23.0. The number of hydrogen-bond acceptors (Lipinski definition) is 3. The second-order valence-electron chi connectivity index (χ2n) is 4.56. The summed E-state index contributed by atoms with van der Waals surface area (Å²) >= 11 is 3.32. The van der Waals surface area contributed by atoms with E-state index in [0.29, 0.717) is 12.1 Å². The summed E-state index contributed by atoms with van der Waals surface area (Å²) in [5.41, 5.74) is 0.675. The fourth-order valence-corrected chi connectivity index (χ4v) is 1.99. The summed E-state index contributed by atoms with van der Waals surface area (Å²) < 4.78 is 0.926. The van der Waals surface area contributed by atoms with E-state index < -0.39 is 18.1 Å². The van der Waals surface area contributed by atoms with Crippen LogP contribution in [0.4, 0.5) is 5.69 Å². The number of rotatable bonds is 7. The van der Waals surface area contributed by atoms with Crippen LogP contribution in [0.1, 0.15) is 26.7 Å². The van der Waals surface area contributed by atoms with E-state index >= 15 is 0 Å². The largest absolute Gasteiger partial charge is 0.480 e. The average molecular weight is 343 g/mol. The number of carbonyl (C=O) groups is 2. The van der Waals surface area contributed by atoms with Crippen LogP contribution in [-0.4, -0.2) is 29.1 Å². The zero-order valence-electron chi connectivity index (χ0n) is 11.5. The molecule has 1 rings (SSSR count). The Labute approximate surface area is 126 Å². The van der Waals surface area contributed by atoms with Crippen LogP contribution in [0, 0.1) is 0 Å². The molecule has 0 aliphatic heterocycles. The van der Waals surface area contributed by atoms with E-state index in [1.165, 1.54) is 0 Å². The van der Waals surface area contributed by atoms with Gasteiger partial charge in [0.05, 0.1) is 6.04 Å². The molecule has 0 saturated carbocycles. The molecule has 0 fully saturated rings. The van der Waals surface area contributed by atoms with Crippen molar-refractivity contribution in [2.24, 2.45) is 0 Å². The molecular formula is C14H19BrN2O3. The van der Waals surface area contributed by atoms with Crippen molar-refractivity contribution in [1.82, 2.24) is 5.32 Å². The van der Waals surface area contributed by atoms with E-state index in [9.17, 15) is 9.59 Å². The fraction of sp³-hybridized carbons (Fsp3) is 0.429. The molecule has 2 unspecified atom stereocenters. The lowest BCUT2D eigenvalue weighted by Crippen LogP contribution is -2.47. The van der Waals surface area contributed by atoms with Gasteiger partial charge in [0, 0.05) is 10.2 Å². The van der Waals surface area contributed by atoms with E-state index in [0.717, 1.165) is 10.9 Å². The number of amides is 1. The number of carboxylic acid groups (broad SMARTS) is 1. The van der Waals surface area contributed by atoms with Crippen LogP contribution in [-0.2, 0) is 9.59 Å². The third-order valence-electron chi connectivity index (χ3n) is 2.83. The molecule has 0 aliphatic rings. The van der Waals surface area contributed by atoms with E-state index in [1.54, 1.807) is 19.1 Å². The van der Waals surface area contributed by atoms with Gasteiger partial charge in [0.15, 0.2) is 0 Å². The van der Waals surface area contributed by atoms with Gasteiger partial charge >= 0.3 is 5.97 Å². The minimum Gasteiger partial charge on any atom is -0.480 e. The number of aliphatic carboxylic acids is 1. The Hall–Kier alpha value is -1.40. The second-order valence-corrected chi connectivity index (χ2v) is 5.48. The predicted molar refractivity (Wildman–Crippen MR) is 81.7 cm³/mol. The monoisotopic (exact) mass is 342 g/mol. The lowest BCUT2D eigenvalue weighted by atomic mass is 10.1. The molecule has 0 saturated heterocycles. The fourth-order valence-electron chi connectivity index (χ4n) is 1.73. The van der Waals surface area contributed by atoms with Crippen LogP contribution < -0.4 is 10.6 Å². The zero-order valence-corrected chi connectivity index (χ0v) is 13.1. The van der Waals surface area contributed by atoms with Crippen LogP contribution in [0.15, 0.2) is 28.7 Å². The third-order valence-corrected chi connectivity index (χ3v) is 3.36. The Morgan fingerprint density at radius 1 is 1.30 bits per heavy atom. The Morgan fingerprint density at radius 3 is 2.40 bits per heavy atom. The molecule has 0 bridgehead atoms. The van der Waals surface area contributed by atoms with Gasteiger partial charge in [0.1, 0.15) is 6.04 Å². The number of nitrogens with one attached hydrogen (secondary N) is 2. The summed E-state index contributed by atoms with van der Waals surface area (Å²) in [5.74, 6) is -1.19. The highest BCUT2D eigenvalue weighted by Crippen LogP contribution is 2.14. The summed E-state index contributed by atoms with van der Waals surface area (Å²) in [7, 11) is 0. The maximum absolute atomic E-state index is 12.0. The zero-order chi connectivity index (χ0) is 15.1. The highest BCUT2D eigenvalue weighted by Gasteiger charge is 2.22. The molecule has 0 aromatic heterocycles. The third kappa shape index (κ3) is 5.30. The van der Waals surface area contributed by atoms with Crippen molar-refractivity contribution in [3.05, 3.63) is 28.7 Å². The molecule has 0 spiro atoms. The standard InChI is InChI=1S/C14H19BrN2O3/c1-3-4-12(14(19)20)16-9(2)13(18)17-11-7-5-10(15)6-8-11/h5-9,12,16H,3-4H2,1-2H3,(H,17,18)(H,19,20). The van der Waals surface area contributed by atoms with Gasteiger partial charge in [0.2, 0.25) is 5.91 Å². The average Bonchev–Trinajstić information content (AvgIpc) is 2.40. The molecule has 1 amide bonds. The molecule has 0 aliphatic carbocycles. The lowest BCUT2D eigenvalue weighted by Gasteiger charge is -2.19. The van der Waals surface area contributed by atoms with Gasteiger partial charge in [-0.15, -0.1) is 0 Å². The number of halogens is 1. The van der Waals surface area contributed by atoms with E-state index in [-0.39, 0.29) is 5.91 Å². The van der Waals surface area contributed by atoms with Gasteiger partial charge in [0.25, 0.3) is 0 Å². The van der Waals surface area contributed by atoms with Gasteiger partial charge in [-0.05, 0) is 37.6 Å². The maximum Gasteiger partial charge on any atom is 0.320 e. The minimum absolute atomic E-state index is 0.255. The van der Waals surface area contributed by atoms with Crippen molar-refractivity contribution in [1.29, 1.82) is 0 Å². The maximum atomic E-state index is 12.0. The Balaban J connectivity index is 2.57. The van der Waals surface area contributed by atoms with Crippen molar-refractivity contribution in [3.63, 3.8) is 0 Å². The molecule has 3 N–H and O–H groups in total. The van der Waals surface area contributed by atoms with Crippen LogP contribution in [0.2, 0.25) is 0 Å². The van der Waals surface area contributed by atoms with Crippen molar-refractivity contribution in [3.8, 4) is 0 Å². The van der Waals surface area contributed by atoms with Crippen molar-refractivity contribution in [2.75, 3.05) is 5.32 Å². The highest BCUT2D eigenvalue weighted by atomic mass is 79.9. The lowest BCUT2D eigenvalue weighted by molar-refractivity contribution is -0.140. The normalized spacial score (nSPS) is 13.6. The molecule has 5 nitrogen and oxygen atoms in total. The molecular weight excluding hydrogens is 324 g/mol. The smallest absolute Gasteiger partial charge is 0.320 e. The summed E-state index contributed by atoms with van der Waals surface area (Å²) in [6, 6.07) is 5.91. The molecule has 1 aromatic carbocycles. The molecule has 0 radical (unpaired) electrons. The van der Waals surface area contributed by atoms with Gasteiger partial charge in [-0.2, -0.15) is 0 Å². The predicted octanol–water partition coefficient (Wildman–Crippen LogP) is 2.62. The molecule has 20 heavy (non-hydrogen) atoms. The van der Waals surface area contributed by atoms with Crippen LogP contribution in [0.5, 0.6) is 0 Å². The molecule has 2 atom stereocenters. The minimum atomic E-state index is -0.935. The number of anilines is 1. The van der Waals surface area contributed by atoms with Crippen molar-refractivity contribution >= 4 is 33.5 Å². The Kier molecular flexibility index (Phi) is 6.67. The van der Waals surface area contributed by atoms with E-state index in [1.807, 2.05) is 19.1 Å². The van der Waals surface area contributed by atoms with Gasteiger partial charge in [-0.25, -0.2) is 0 Å². The first kappa shape index (κ1) is 16.7. The number of carbonyl (C=O) groups excluding carboxylic acids is 1. The Morgan fingerprint density at radius 2 is 1.90 bits per heavy atom. The van der Waals surface area contributed by atoms with E-state index in [2.05, 4.69) is 26.6 Å². The summed E-state index contributed by atoms with van der Waals surface area (Å²) in [6.07, 6.45) is 1.23. The van der Waals surface area contributed by atoms with Crippen LogP contribution >= 0.6 is 15.9 Å². The molecule has 0 heterocycles. The molecule has 110 valence electrons. The first-order valence-electron chi connectivity index (χ1n) is 6.49. The highest BCUT2D eigenvalue weighted by molar-refractivity contribution is 9.10. The van der Waals surface area contributed by atoms with Gasteiger partial charge < -0.3 is 10.4 Å². The first-order chi connectivity index (χ1) is 9.43. The number of benzene rings is 1. The molecule has 1 aromatic rings. The van der Waals surface area contributed by atoms with Crippen molar-refractivity contribution in [2.45, 2.75) is 38.8 Å². The number of hydrogen-bond donors (Lipinski definition) is 3. The van der Waals surface area contributed by atoms with E-state index in [4.69, 9.17) is 5.11 Å². The molecule has 6 heteroatoms. The SMILES string of the molecule is CCCC(NC(C)C(=O)Nc1ccc(Br)cc1)C(=O)O. The first-order valence-corrected chi connectivity index (χ1v) is 7.28. The summed E-state index contributed by atoms with van der Waals surface area (Å²) in [6.45, 7) is 3.56. The van der Waals surface area contributed by atoms with Gasteiger partial charge in [-0.1, -0.05) is 29.3 Å². The van der Waals surface area contributed by atoms with Crippen molar-refractivity contribution < 1.29 is 14.7 Å². The summed E-state index contributed by atoms with van der Waals surface area (Å²) in [5, 5.41) is 14.6. The van der Waals surface area contributed by atoms with Crippen LogP contribution in [0.3, 0.4) is 0 Å². The topological polar surface area (TPSA) is 78.4 Å². The Bertz CT molecular complexity index is 462. The number of carboxylic acids is 1.